The highest BCUT2D eigenvalue weighted by molar-refractivity contribution is 6.34. The molecule has 7 nitrogen and oxygen atoms in total. The number of ether oxygens (including phenoxy) is 1. The van der Waals surface area contributed by atoms with Crippen molar-refractivity contribution in [2.24, 2.45) is 5.92 Å². The summed E-state index contributed by atoms with van der Waals surface area (Å²) in [4.78, 5) is 42.5. The highest BCUT2D eigenvalue weighted by Crippen LogP contribution is 2.37. The Morgan fingerprint density at radius 1 is 1.08 bits per heavy atom. The number of para-hydroxylation sites is 1. The molecular formula is C30H40ClN3O4. The Bertz CT molecular complexity index is 1150. The van der Waals surface area contributed by atoms with E-state index in [0.717, 1.165) is 24.0 Å². The molecular weight excluding hydrogens is 502 g/mol. The molecule has 0 spiro atoms. The van der Waals surface area contributed by atoms with E-state index < -0.39 is 23.8 Å². The third-order valence-electron chi connectivity index (χ3n) is 6.25. The van der Waals surface area contributed by atoms with E-state index in [-0.39, 0.29) is 23.8 Å². The van der Waals surface area contributed by atoms with Gasteiger partial charge >= 0.3 is 6.09 Å². The van der Waals surface area contributed by atoms with Crippen molar-refractivity contribution in [3.8, 4) is 0 Å². The van der Waals surface area contributed by atoms with E-state index in [0.29, 0.717) is 22.7 Å². The third-order valence-corrected chi connectivity index (χ3v) is 6.56. The van der Waals surface area contributed by atoms with Crippen molar-refractivity contribution in [2.75, 3.05) is 5.32 Å². The Morgan fingerprint density at radius 2 is 1.74 bits per heavy atom. The SMILES string of the molecule is Cc1cccc(C(C(=O)Nc2c(C)cccc2Cl)N(C(=O)C(CC(C)C)NC(=O)OC(C)(C)C)C2CC2)c1. The lowest BCUT2D eigenvalue weighted by molar-refractivity contribution is -0.141. The molecule has 2 N–H and O–H groups in total. The number of nitrogens with one attached hydrogen (secondary N) is 2. The van der Waals surface area contributed by atoms with E-state index in [1.807, 2.05) is 64.1 Å². The summed E-state index contributed by atoms with van der Waals surface area (Å²) < 4.78 is 5.45. The van der Waals surface area contributed by atoms with Gasteiger partial charge in [0.05, 0.1) is 10.7 Å². The minimum Gasteiger partial charge on any atom is -0.444 e. The lowest BCUT2D eigenvalue weighted by Crippen LogP contribution is -2.53. The zero-order valence-corrected chi connectivity index (χ0v) is 24.2. The number of carbonyl (C=O) groups excluding carboxylic acids is 3. The molecule has 0 bridgehead atoms. The summed E-state index contributed by atoms with van der Waals surface area (Å²) in [6.07, 6.45) is 1.32. The van der Waals surface area contributed by atoms with Crippen molar-refractivity contribution < 1.29 is 19.1 Å². The number of carbonyl (C=O) groups is 3. The summed E-state index contributed by atoms with van der Waals surface area (Å²) >= 11 is 6.43. The van der Waals surface area contributed by atoms with Crippen LogP contribution in [0.2, 0.25) is 5.02 Å². The molecule has 1 aliphatic carbocycles. The van der Waals surface area contributed by atoms with E-state index >= 15 is 0 Å². The van der Waals surface area contributed by atoms with Gasteiger partial charge in [-0.05, 0) is 77.0 Å². The Hall–Kier alpha value is -3.06. The molecule has 0 aromatic heterocycles. The first-order valence-electron chi connectivity index (χ1n) is 13.2. The number of amides is 3. The number of nitrogens with zero attached hydrogens (tertiary/aromatic N) is 1. The number of halogens is 1. The smallest absolute Gasteiger partial charge is 0.408 e. The van der Waals surface area contributed by atoms with Crippen LogP contribution in [0.15, 0.2) is 42.5 Å². The second-order valence-electron chi connectivity index (χ2n) is 11.5. The van der Waals surface area contributed by atoms with E-state index in [1.165, 1.54) is 0 Å². The predicted octanol–water partition coefficient (Wildman–Crippen LogP) is 6.57. The largest absolute Gasteiger partial charge is 0.444 e. The monoisotopic (exact) mass is 541 g/mol. The van der Waals surface area contributed by atoms with Crippen LogP contribution in [0.5, 0.6) is 0 Å². The zero-order valence-electron chi connectivity index (χ0n) is 23.4. The van der Waals surface area contributed by atoms with Crippen LogP contribution in [0.3, 0.4) is 0 Å². The number of rotatable bonds is 9. The highest BCUT2D eigenvalue weighted by atomic mass is 35.5. The van der Waals surface area contributed by atoms with Crippen molar-refractivity contribution in [2.45, 2.75) is 91.5 Å². The molecule has 2 atom stereocenters. The summed E-state index contributed by atoms with van der Waals surface area (Å²) in [7, 11) is 0. The fourth-order valence-electron chi connectivity index (χ4n) is 4.45. The van der Waals surface area contributed by atoms with Gasteiger partial charge in [-0.25, -0.2) is 4.79 Å². The molecule has 8 heteroatoms. The van der Waals surface area contributed by atoms with E-state index in [1.54, 1.807) is 31.7 Å². The van der Waals surface area contributed by atoms with E-state index in [9.17, 15) is 14.4 Å². The maximum Gasteiger partial charge on any atom is 0.408 e. The molecule has 3 rings (SSSR count). The van der Waals surface area contributed by atoms with Crippen molar-refractivity contribution in [3.05, 3.63) is 64.2 Å². The van der Waals surface area contributed by atoms with Gasteiger partial charge in [-0.2, -0.15) is 0 Å². The van der Waals surface area contributed by atoms with Crippen molar-refractivity contribution >= 4 is 35.2 Å². The van der Waals surface area contributed by atoms with Gasteiger partial charge in [0.15, 0.2) is 0 Å². The van der Waals surface area contributed by atoms with Crippen LogP contribution in [0, 0.1) is 19.8 Å². The Morgan fingerprint density at radius 3 is 2.29 bits per heavy atom. The molecule has 1 saturated carbocycles. The van der Waals surface area contributed by atoms with Gasteiger partial charge in [0, 0.05) is 6.04 Å². The fourth-order valence-corrected chi connectivity index (χ4v) is 4.72. The summed E-state index contributed by atoms with van der Waals surface area (Å²) in [5.74, 6) is -0.533. The average molecular weight is 542 g/mol. The van der Waals surface area contributed by atoms with E-state index in [2.05, 4.69) is 10.6 Å². The molecule has 0 radical (unpaired) electrons. The molecule has 0 saturated heterocycles. The van der Waals surface area contributed by atoms with Crippen molar-refractivity contribution in [1.82, 2.24) is 10.2 Å². The maximum absolute atomic E-state index is 14.2. The fraction of sp³-hybridized carbons (Fsp3) is 0.500. The van der Waals surface area contributed by atoms with Crippen LogP contribution in [-0.2, 0) is 14.3 Å². The van der Waals surface area contributed by atoms with Crippen LogP contribution in [0.25, 0.3) is 0 Å². The van der Waals surface area contributed by atoms with Crippen molar-refractivity contribution in [3.63, 3.8) is 0 Å². The van der Waals surface area contributed by atoms with Gasteiger partial charge in [0.25, 0.3) is 5.91 Å². The Labute approximate surface area is 231 Å². The molecule has 38 heavy (non-hydrogen) atoms. The number of hydrogen-bond donors (Lipinski definition) is 2. The zero-order chi connectivity index (χ0) is 28.2. The first-order chi connectivity index (χ1) is 17.8. The number of anilines is 1. The summed E-state index contributed by atoms with van der Waals surface area (Å²) in [6.45, 7) is 13.1. The molecule has 3 amide bonds. The molecule has 206 valence electrons. The quantitative estimate of drug-likeness (QED) is 0.376. The topological polar surface area (TPSA) is 87.7 Å². The third kappa shape index (κ3) is 7.97. The van der Waals surface area contributed by atoms with Crippen LogP contribution in [-0.4, -0.2) is 40.5 Å². The first-order valence-corrected chi connectivity index (χ1v) is 13.6. The molecule has 1 fully saturated rings. The number of alkyl carbamates (subject to hydrolysis) is 1. The molecule has 2 aromatic carbocycles. The Kier molecular flexibility index (Phi) is 9.47. The summed E-state index contributed by atoms with van der Waals surface area (Å²) in [5, 5.41) is 6.20. The van der Waals surface area contributed by atoms with Crippen LogP contribution >= 0.6 is 11.6 Å². The number of benzene rings is 2. The lowest BCUT2D eigenvalue weighted by atomic mass is 9.98. The van der Waals surface area contributed by atoms with Gasteiger partial charge < -0.3 is 20.3 Å². The van der Waals surface area contributed by atoms with Crippen LogP contribution in [0.4, 0.5) is 10.5 Å². The molecule has 1 aliphatic rings. The van der Waals surface area contributed by atoms with Crippen LogP contribution in [0.1, 0.15) is 76.6 Å². The molecule has 2 unspecified atom stereocenters. The predicted molar refractivity (Wildman–Crippen MR) is 151 cm³/mol. The van der Waals surface area contributed by atoms with Gasteiger partial charge in [-0.15, -0.1) is 0 Å². The lowest BCUT2D eigenvalue weighted by Gasteiger charge is -2.35. The average Bonchev–Trinajstić information content (AvgIpc) is 3.62. The second kappa shape index (κ2) is 12.2. The molecule has 0 aliphatic heterocycles. The minimum absolute atomic E-state index is 0.110. The molecule has 0 heterocycles. The van der Waals surface area contributed by atoms with Gasteiger partial charge in [0.2, 0.25) is 5.91 Å². The Balaban J connectivity index is 2.02. The minimum atomic E-state index is -0.902. The maximum atomic E-state index is 14.2. The van der Waals surface area contributed by atoms with Gasteiger partial charge in [0.1, 0.15) is 17.7 Å². The van der Waals surface area contributed by atoms with E-state index in [4.69, 9.17) is 16.3 Å². The molecule has 2 aromatic rings. The standard InChI is InChI=1S/C30H40ClN3O4/c1-18(2)16-24(32-29(37)38-30(5,6)7)28(36)34(22-14-15-22)26(21-12-8-10-19(3)17-21)27(35)33-25-20(4)11-9-13-23(25)31/h8-13,17-18,22,24,26H,14-16H2,1-7H3,(H,32,37)(H,33,35). The van der Waals surface area contributed by atoms with Crippen molar-refractivity contribution in [1.29, 1.82) is 0 Å². The highest BCUT2D eigenvalue weighted by Gasteiger charge is 2.44. The van der Waals surface area contributed by atoms with Gasteiger partial charge in [-0.3, -0.25) is 9.59 Å². The number of aryl methyl sites for hydroxylation is 2. The van der Waals surface area contributed by atoms with Gasteiger partial charge in [-0.1, -0.05) is 67.4 Å². The summed E-state index contributed by atoms with van der Waals surface area (Å²) in [6, 6.07) is 11.2. The van der Waals surface area contributed by atoms with Crippen LogP contribution < -0.4 is 10.6 Å². The first kappa shape index (κ1) is 29.5. The second-order valence-corrected chi connectivity index (χ2v) is 11.9. The normalized spacial score (nSPS) is 15.0. The summed E-state index contributed by atoms with van der Waals surface area (Å²) in [5.41, 5.74) is 2.31. The number of hydrogen-bond acceptors (Lipinski definition) is 4.